The molecule has 29 heavy (non-hydrogen) atoms. The first-order valence-electron chi connectivity index (χ1n) is 9.83. The van der Waals surface area contributed by atoms with E-state index >= 15 is 0 Å². The molecule has 1 amide bonds. The second-order valence-corrected chi connectivity index (χ2v) is 7.54. The van der Waals surface area contributed by atoms with Gasteiger partial charge in [0.05, 0.1) is 11.8 Å². The van der Waals surface area contributed by atoms with Crippen LogP contribution in [0, 0.1) is 18.8 Å². The number of carbonyl (C=O) groups is 2. The highest BCUT2D eigenvalue weighted by atomic mass is 19.4. The van der Waals surface area contributed by atoms with Crippen LogP contribution in [0.15, 0.2) is 24.3 Å². The number of hydrogen-bond acceptors (Lipinski definition) is 3. The quantitative estimate of drug-likeness (QED) is 0.706. The van der Waals surface area contributed by atoms with Gasteiger partial charge in [0.15, 0.2) is 6.61 Å². The van der Waals surface area contributed by atoms with Crippen LogP contribution in [0.5, 0.6) is 0 Å². The molecule has 1 aliphatic carbocycles. The second-order valence-electron chi connectivity index (χ2n) is 7.54. The van der Waals surface area contributed by atoms with Crippen LogP contribution >= 0.6 is 0 Å². The third-order valence-corrected chi connectivity index (χ3v) is 5.48. The maximum atomic E-state index is 12.6. The van der Waals surface area contributed by atoms with Gasteiger partial charge in [0.1, 0.15) is 0 Å². The van der Waals surface area contributed by atoms with Gasteiger partial charge in [-0.3, -0.25) is 9.59 Å². The van der Waals surface area contributed by atoms with E-state index in [1.54, 1.807) is 0 Å². The number of carbonyl (C=O) groups excluding carboxylic acids is 2. The number of para-hydroxylation sites is 1. The number of aryl methyl sites for hydroxylation is 1. The van der Waals surface area contributed by atoms with E-state index in [1.807, 2.05) is 31.2 Å². The van der Waals surface area contributed by atoms with Gasteiger partial charge in [-0.1, -0.05) is 31.0 Å². The molecule has 1 aromatic carbocycles. The van der Waals surface area contributed by atoms with Crippen LogP contribution in [0.2, 0.25) is 0 Å². The van der Waals surface area contributed by atoms with Crippen molar-refractivity contribution in [1.29, 1.82) is 0 Å². The smallest absolute Gasteiger partial charge is 0.422 e. The van der Waals surface area contributed by atoms with Crippen molar-refractivity contribution in [3.63, 3.8) is 0 Å². The molecular formula is C21H25F3N2O3. The van der Waals surface area contributed by atoms with Gasteiger partial charge in [0.2, 0.25) is 5.91 Å². The summed E-state index contributed by atoms with van der Waals surface area (Å²) in [6, 6.07) is 7.91. The zero-order valence-electron chi connectivity index (χ0n) is 16.3. The molecule has 1 aliphatic rings. The molecule has 2 unspecified atom stereocenters. The van der Waals surface area contributed by atoms with E-state index in [4.69, 9.17) is 0 Å². The normalized spacial score (nSPS) is 19.9. The molecule has 0 bridgehead atoms. The SMILES string of the molecule is Cc1[nH]c2ccccc2c1CCNC(=O)C1CCCCC1C(=O)OCC(F)(F)F. The van der Waals surface area contributed by atoms with Gasteiger partial charge in [-0.15, -0.1) is 0 Å². The Kier molecular flexibility index (Phi) is 6.49. The third-order valence-electron chi connectivity index (χ3n) is 5.48. The van der Waals surface area contributed by atoms with E-state index in [9.17, 15) is 22.8 Å². The summed E-state index contributed by atoms with van der Waals surface area (Å²) in [5.74, 6) is -2.69. The lowest BCUT2D eigenvalue weighted by Crippen LogP contribution is -2.41. The van der Waals surface area contributed by atoms with Gasteiger partial charge in [-0.25, -0.2) is 0 Å². The lowest BCUT2D eigenvalue weighted by molar-refractivity contribution is -0.191. The van der Waals surface area contributed by atoms with Gasteiger partial charge >= 0.3 is 12.1 Å². The second kappa shape index (κ2) is 8.88. The summed E-state index contributed by atoms with van der Waals surface area (Å²) in [5, 5.41) is 3.96. The zero-order chi connectivity index (χ0) is 21.0. The molecule has 5 nitrogen and oxygen atoms in total. The number of nitrogens with one attached hydrogen (secondary N) is 2. The maximum Gasteiger partial charge on any atom is 0.422 e. The Balaban J connectivity index is 1.58. The molecule has 2 aromatic rings. The van der Waals surface area contributed by atoms with Gasteiger partial charge in [0.25, 0.3) is 0 Å². The number of aromatic amines is 1. The van der Waals surface area contributed by atoms with E-state index in [-0.39, 0.29) is 5.91 Å². The van der Waals surface area contributed by atoms with Gasteiger partial charge < -0.3 is 15.0 Å². The zero-order valence-corrected chi connectivity index (χ0v) is 16.3. The summed E-state index contributed by atoms with van der Waals surface area (Å²) < 4.78 is 41.4. The largest absolute Gasteiger partial charge is 0.456 e. The molecule has 0 aliphatic heterocycles. The van der Waals surface area contributed by atoms with Gasteiger partial charge in [-0.2, -0.15) is 13.2 Å². The predicted molar refractivity (Wildman–Crippen MR) is 102 cm³/mol. The van der Waals surface area contributed by atoms with Gasteiger partial charge in [-0.05, 0) is 37.8 Å². The standard InChI is InChI=1S/C21H25F3N2O3/c1-13-14(15-6-4-5-9-18(15)26-13)10-11-25-19(27)16-7-2-3-8-17(16)20(28)29-12-21(22,23)24/h4-6,9,16-17,26H,2-3,7-8,10-12H2,1H3,(H,25,27). The van der Waals surface area contributed by atoms with Crippen LogP contribution in [-0.4, -0.2) is 36.2 Å². The van der Waals surface area contributed by atoms with Crippen molar-refractivity contribution in [3.8, 4) is 0 Å². The van der Waals surface area contributed by atoms with E-state index in [2.05, 4.69) is 15.0 Å². The molecule has 3 rings (SSSR count). The van der Waals surface area contributed by atoms with Gasteiger partial charge in [0, 0.05) is 23.1 Å². The number of benzene rings is 1. The maximum absolute atomic E-state index is 12.6. The molecule has 0 saturated heterocycles. The summed E-state index contributed by atoms with van der Waals surface area (Å²) in [7, 11) is 0. The van der Waals surface area contributed by atoms with Crippen molar-refractivity contribution in [2.45, 2.75) is 45.2 Å². The fourth-order valence-corrected chi connectivity index (χ4v) is 4.09. The topological polar surface area (TPSA) is 71.2 Å². The Bertz CT molecular complexity index is 876. The van der Waals surface area contributed by atoms with Crippen molar-refractivity contribution in [3.05, 3.63) is 35.5 Å². The number of rotatable bonds is 6. The molecule has 0 radical (unpaired) electrons. The average molecular weight is 410 g/mol. The molecular weight excluding hydrogens is 385 g/mol. The summed E-state index contributed by atoms with van der Waals surface area (Å²) >= 11 is 0. The van der Waals surface area contributed by atoms with Crippen molar-refractivity contribution in [2.24, 2.45) is 11.8 Å². The number of esters is 1. The monoisotopic (exact) mass is 410 g/mol. The number of fused-ring (bicyclic) bond motifs is 1. The summed E-state index contributed by atoms with van der Waals surface area (Å²) in [4.78, 5) is 28.1. The average Bonchev–Trinajstić information content (AvgIpc) is 3.01. The van der Waals surface area contributed by atoms with Crippen molar-refractivity contribution in [1.82, 2.24) is 10.3 Å². The fraction of sp³-hybridized carbons (Fsp3) is 0.524. The molecule has 1 fully saturated rings. The Hall–Kier alpha value is -2.51. The highest BCUT2D eigenvalue weighted by Crippen LogP contribution is 2.32. The molecule has 1 saturated carbocycles. The Morgan fingerprint density at radius 1 is 1.17 bits per heavy atom. The van der Waals surface area contributed by atoms with Crippen LogP contribution in [-0.2, 0) is 20.7 Å². The minimum atomic E-state index is -4.57. The first-order chi connectivity index (χ1) is 13.8. The fourth-order valence-electron chi connectivity index (χ4n) is 4.09. The molecule has 2 N–H and O–H groups in total. The molecule has 1 aromatic heterocycles. The first-order valence-corrected chi connectivity index (χ1v) is 9.83. The van der Waals surface area contributed by atoms with Crippen LogP contribution in [0.25, 0.3) is 10.9 Å². The number of alkyl halides is 3. The van der Waals surface area contributed by atoms with E-state index in [1.165, 1.54) is 0 Å². The number of hydrogen-bond donors (Lipinski definition) is 2. The summed E-state index contributed by atoms with van der Waals surface area (Å²) in [6.07, 6.45) is -1.64. The third kappa shape index (κ3) is 5.31. The van der Waals surface area contributed by atoms with Crippen LogP contribution < -0.4 is 5.32 Å². The Morgan fingerprint density at radius 2 is 1.86 bits per heavy atom. The lowest BCUT2D eigenvalue weighted by atomic mass is 9.78. The number of H-pyrrole nitrogens is 1. The molecule has 8 heteroatoms. The van der Waals surface area contributed by atoms with Crippen molar-refractivity contribution < 1.29 is 27.5 Å². The lowest BCUT2D eigenvalue weighted by Gasteiger charge is -2.29. The Labute approximate surface area is 167 Å². The first kappa shape index (κ1) is 21.2. The molecule has 2 atom stereocenters. The summed E-state index contributed by atoms with van der Waals surface area (Å²) in [6.45, 7) is 0.754. The Morgan fingerprint density at radius 3 is 2.59 bits per heavy atom. The van der Waals surface area contributed by atoms with Crippen LogP contribution in [0.4, 0.5) is 13.2 Å². The van der Waals surface area contributed by atoms with Crippen LogP contribution in [0.1, 0.15) is 36.9 Å². The van der Waals surface area contributed by atoms with Crippen LogP contribution in [0.3, 0.4) is 0 Å². The van der Waals surface area contributed by atoms with E-state index < -0.39 is 30.6 Å². The highest BCUT2D eigenvalue weighted by Gasteiger charge is 2.38. The number of amides is 1. The molecule has 158 valence electrons. The highest BCUT2D eigenvalue weighted by molar-refractivity contribution is 5.86. The van der Waals surface area contributed by atoms with E-state index in [0.717, 1.165) is 28.6 Å². The van der Waals surface area contributed by atoms with E-state index in [0.29, 0.717) is 32.2 Å². The number of halogens is 3. The van der Waals surface area contributed by atoms with Crippen molar-refractivity contribution >= 4 is 22.8 Å². The summed E-state index contributed by atoms with van der Waals surface area (Å²) in [5.41, 5.74) is 3.18. The number of ether oxygens (including phenoxy) is 1. The molecule has 0 spiro atoms. The molecule has 1 heterocycles. The minimum absolute atomic E-state index is 0.295. The number of aromatic nitrogens is 1. The minimum Gasteiger partial charge on any atom is -0.456 e. The predicted octanol–water partition coefficient (Wildman–Crippen LogP) is 4.05. The van der Waals surface area contributed by atoms with Crippen molar-refractivity contribution in [2.75, 3.05) is 13.2 Å².